The number of carbonyl (C=O) groups excluding carboxylic acids is 1. The summed E-state index contributed by atoms with van der Waals surface area (Å²) in [5, 5.41) is 0. The van der Waals surface area contributed by atoms with Crippen LogP contribution in [0.3, 0.4) is 0 Å². The van der Waals surface area contributed by atoms with E-state index in [-0.39, 0.29) is 5.52 Å². The number of aromatic nitrogens is 2. The molecule has 2 rings (SSSR count). The van der Waals surface area contributed by atoms with Crippen LogP contribution in [0.4, 0.5) is 13.2 Å². The Kier molecular flexibility index (Phi) is 3.44. The van der Waals surface area contributed by atoms with Crippen molar-refractivity contribution in [1.29, 1.82) is 0 Å². The van der Waals surface area contributed by atoms with Gasteiger partial charge in [0.25, 0.3) is 5.78 Å². The van der Waals surface area contributed by atoms with E-state index in [1.807, 2.05) is 20.8 Å². The zero-order chi connectivity index (χ0) is 15.3. The van der Waals surface area contributed by atoms with Crippen LogP contribution >= 0.6 is 15.9 Å². The van der Waals surface area contributed by atoms with Gasteiger partial charge in [-0.05, 0) is 28.1 Å². The first-order valence-electron chi connectivity index (χ1n) is 5.82. The highest BCUT2D eigenvalue weighted by Gasteiger charge is 2.42. The van der Waals surface area contributed by atoms with Gasteiger partial charge < -0.3 is 0 Å². The van der Waals surface area contributed by atoms with Crippen LogP contribution in [-0.4, -0.2) is 21.3 Å². The van der Waals surface area contributed by atoms with E-state index in [9.17, 15) is 18.0 Å². The van der Waals surface area contributed by atoms with Crippen molar-refractivity contribution in [2.75, 3.05) is 0 Å². The number of alkyl halides is 3. The standard InChI is InChI=1S/C13H12BrF3N2O/c1-12(2,3)11-18-9(10(20)13(15,16)17)7-5-4-6-8(14)19(7)11/h4-6H,1-3H3. The van der Waals surface area contributed by atoms with E-state index in [4.69, 9.17) is 0 Å². The summed E-state index contributed by atoms with van der Waals surface area (Å²) in [7, 11) is 0. The summed E-state index contributed by atoms with van der Waals surface area (Å²) in [6.45, 7) is 5.47. The fourth-order valence-corrected chi connectivity index (χ4v) is 2.41. The van der Waals surface area contributed by atoms with Crippen LogP contribution in [0.15, 0.2) is 22.8 Å². The number of rotatable bonds is 1. The topological polar surface area (TPSA) is 34.4 Å². The molecule has 3 nitrogen and oxygen atoms in total. The Morgan fingerprint density at radius 2 is 1.85 bits per heavy atom. The molecule has 7 heteroatoms. The highest BCUT2D eigenvalue weighted by atomic mass is 79.9. The van der Waals surface area contributed by atoms with Crippen LogP contribution in [0.25, 0.3) is 5.52 Å². The molecule has 0 aromatic carbocycles. The molecule has 0 saturated carbocycles. The van der Waals surface area contributed by atoms with Gasteiger partial charge in [0.2, 0.25) is 0 Å². The van der Waals surface area contributed by atoms with Crippen molar-refractivity contribution in [1.82, 2.24) is 9.38 Å². The van der Waals surface area contributed by atoms with Gasteiger partial charge in [-0.15, -0.1) is 0 Å². The zero-order valence-electron chi connectivity index (χ0n) is 11.0. The minimum Gasteiger partial charge on any atom is -0.289 e. The second kappa shape index (κ2) is 4.58. The van der Waals surface area contributed by atoms with E-state index in [0.29, 0.717) is 10.4 Å². The number of nitrogens with zero attached hydrogens (tertiary/aromatic N) is 2. The van der Waals surface area contributed by atoms with Gasteiger partial charge >= 0.3 is 6.18 Å². The highest BCUT2D eigenvalue weighted by Crippen LogP contribution is 2.31. The predicted molar refractivity (Wildman–Crippen MR) is 72.0 cm³/mol. The van der Waals surface area contributed by atoms with Crippen LogP contribution in [0.1, 0.15) is 37.1 Å². The second-order valence-electron chi connectivity index (χ2n) is 5.43. The Morgan fingerprint density at radius 3 is 2.35 bits per heavy atom. The third-order valence-corrected chi connectivity index (χ3v) is 3.38. The SMILES string of the molecule is CC(C)(C)c1nc(C(=O)C(F)(F)F)c2cccc(Br)n12. The summed E-state index contributed by atoms with van der Waals surface area (Å²) in [6.07, 6.45) is -4.94. The number of halogens is 4. The molecule has 0 fully saturated rings. The summed E-state index contributed by atoms with van der Waals surface area (Å²) in [5.41, 5.74) is -0.924. The van der Waals surface area contributed by atoms with Gasteiger partial charge in [0.15, 0.2) is 0 Å². The number of imidazole rings is 1. The van der Waals surface area contributed by atoms with E-state index in [1.54, 1.807) is 12.1 Å². The van der Waals surface area contributed by atoms with Gasteiger partial charge in [0.05, 0.1) is 10.1 Å². The fourth-order valence-electron chi connectivity index (χ4n) is 1.90. The quantitative estimate of drug-likeness (QED) is 0.573. The first-order valence-corrected chi connectivity index (χ1v) is 6.62. The van der Waals surface area contributed by atoms with Crippen LogP contribution in [0.2, 0.25) is 0 Å². The Balaban J connectivity index is 2.83. The van der Waals surface area contributed by atoms with Crippen molar-refractivity contribution >= 4 is 27.2 Å². The summed E-state index contributed by atoms with van der Waals surface area (Å²) < 4.78 is 40.1. The van der Waals surface area contributed by atoms with Crippen LogP contribution < -0.4 is 0 Å². The lowest BCUT2D eigenvalue weighted by molar-refractivity contribution is -0.0887. The number of ketones is 1. The van der Waals surface area contributed by atoms with Crippen LogP contribution in [0, 0.1) is 0 Å². The predicted octanol–water partition coefficient (Wildman–Crippen LogP) is 4.14. The molecule has 0 aliphatic carbocycles. The molecule has 0 aliphatic heterocycles. The number of hydrogen-bond donors (Lipinski definition) is 0. The molecule has 0 amide bonds. The summed E-state index contributed by atoms with van der Waals surface area (Å²) in [4.78, 5) is 15.5. The number of fused-ring (bicyclic) bond motifs is 1. The van der Waals surface area contributed by atoms with Gasteiger partial charge in [0, 0.05) is 5.41 Å². The monoisotopic (exact) mass is 348 g/mol. The minimum atomic E-state index is -4.94. The largest absolute Gasteiger partial charge is 0.456 e. The maximum absolute atomic E-state index is 12.7. The van der Waals surface area contributed by atoms with E-state index in [1.165, 1.54) is 10.5 Å². The molecule has 20 heavy (non-hydrogen) atoms. The molecule has 108 valence electrons. The molecule has 2 aromatic heterocycles. The molecule has 0 radical (unpaired) electrons. The highest BCUT2D eigenvalue weighted by molar-refractivity contribution is 9.10. The van der Waals surface area contributed by atoms with Gasteiger partial charge in [0.1, 0.15) is 11.5 Å². The molecule has 2 aromatic rings. The molecule has 2 heterocycles. The summed E-state index contributed by atoms with van der Waals surface area (Å²) in [5.74, 6) is -1.53. The molecule has 0 bridgehead atoms. The lowest BCUT2D eigenvalue weighted by Crippen LogP contribution is -2.23. The number of Topliss-reactive ketones (excluding diaryl/α,β-unsaturated/α-hetero) is 1. The van der Waals surface area contributed by atoms with E-state index >= 15 is 0 Å². The van der Waals surface area contributed by atoms with Crippen LogP contribution in [0.5, 0.6) is 0 Å². The normalized spacial score (nSPS) is 12.9. The molecule has 0 saturated heterocycles. The summed E-state index contributed by atoms with van der Waals surface area (Å²) in [6, 6.07) is 4.71. The Labute approximate surface area is 121 Å². The van der Waals surface area contributed by atoms with Crippen LogP contribution in [-0.2, 0) is 5.41 Å². The molecule has 0 aliphatic rings. The number of hydrogen-bond acceptors (Lipinski definition) is 2. The van der Waals surface area contributed by atoms with Gasteiger partial charge in [-0.2, -0.15) is 13.2 Å². The molecule has 0 atom stereocenters. The summed E-state index contributed by atoms with van der Waals surface area (Å²) >= 11 is 3.28. The third-order valence-electron chi connectivity index (χ3n) is 2.76. The van der Waals surface area contributed by atoms with Crippen molar-refractivity contribution in [3.05, 3.63) is 34.3 Å². The molecule has 0 N–H and O–H groups in total. The Bertz CT molecular complexity index is 683. The molecule has 0 spiro atoms. The lowest BCUT2D eigenvalue weighted by atomic mass is 9.96. The van der Waals surface area contributed by atoms with E-state index in [0.717, 1.165) is 0 Å². The van der Waals surface area contributed by atoms with E-state index in [2.05, 4.69) is 20.9 Å². The van der Waals surface area contributed by atoms with Crippen molar-refractivity contribution in [2.24, 2.45) is 0 Å². The van der Waals surface area contributed by atoms with Gasteiger partial charge in [-0.25, -0.2) is 4.98 Å². The minimum absolute atomic E-state index is 0.145. The second-order valence-corrected chi connectivity index (χ2v) is 6.24. The average molecular weight is 349 g/mol. The fraction of sp³-hybridized carbons (Fsp3) is 0.385. The van der Waals surface area contributed by atoms with Gasteiger partial charge in [-0.3, -0.25) is 9.20 Å². The van der Waals surface area contributed by atoms with Crippen molar-refractivity contribution < 1.29 is 18.0 Å². The maximum Gasteiger partial charge on any atom is 0.456 e. The van der Waals surface area contributed by atoms with Crippen molar-refractivity contribution in [2.45, 2.75) is 32.4 Å². The van der Waals surface area contributed by atoms with Crippen molar-refractivity contribution in [3.8, 4) is 0 Å². The first-order chi connectivity index (χ1) is 9.03. The lowest BCUT2D eigenvalue weighted by Gasteiger charge is -2.17. The molecular formula is C13H12BrF3N2O. The zero-order valence-corrected chi connectivity index (χ0v) is 12.6. The number of pyridine rings is 1. The molecular weight excluding hydrogens is 337 g/mol. The Hall–Kier alpha value is -1.37. The Morgan fingerprint density at radius 1 is 1.25 bits per heavy atom. The maximum atomic E-state index is 12.7. The van der Waals surface area contributed by atoms with E-state index < -0.39 is 23.1 Å². The molecule has 0 unspecified atom stereocenters. The number of carbonyl (C=O) groups is 1. The first kappa shape index (κ1) is 15.0. The average Bonchev–Trinajstić information content (AvgIpc) is 2.67. The smallest absolute Gasteiger partial charge is 0.289 e. The third kappa shape index (κ3) is 2.46. The van der Waals surface area contributed by atoms with Gasteiger partial charge in [-0.1, -0.05) is 26.8 Å². The van der Waals surface area contributed by atoms with Crippen molar-refractivity contribution in [3.63, 3.8) is 0 Å².